The first-order valence-electron chi connectivity index (χ1n) is 7.99. The summed E-state index contributed by atoms with van der Waals surface area (Å²) in [6.45, 7) is 7.54. The van der Waals surface area contributed by atoms with E-state index in [-0.39, 0.29) is 11.9 Å². The predicted molar refractivity (Wildman–Crippen MR) is 80.2 cm³/mol. The molecule has 0 aliphatic carbocycles. The number of carboxylic acids is 1. The van der Waals surface area contributed by atoms with Gasteiger partial charge in [-0.3, -0.25) is 4.90 Å². The minimum absolute atomic E-state index is 0.225. The van der Waals surface area contributed by atoms with Crippen molar-refractivity contribution in [3.63, 3.8) is 0 Å². The Balaban J connectivity index is 1.93. The van der Waals surface area contributed by atoms with E-state index in [0.717, 1.165) is 32.5 Å². The van der Waals surface area contributed by atoms with Gasteiger partial charge in [0, 0.05) is 25.7 Å². The maximum absolute atomic E-state index is 12.4. The van der Waals surface area contributed by atoms with E-state index in [1.54, 1.807) is 4.90 Å². The van der Waals surface area contributed by atoms with Gasteiger partial charge >= 0.3 is 12.0 Å². The molecule has 0 spiro atoms. The second-order valence-electron chi connectivity index (χ2n) is 6.60. The van der Waals surface area contributed by atoms with Gasteiger partial charge in [-0.2, -0.15) is 0 Å². The topological polar surface area (TPSA) is 72.9 Å². The van der Waals surface area contributed by atoms with Gasteiger partial charge in [0.1, 0.15) is 6.04 Å². The highest BCUT2D eigenvalue weighted by Gasteiger charge is 2.31. The number of rotatable bonds is 4. The summed E-state index contributed by atoms with van der Waals surface area (Å²) in [5, 5.41) is 11.9. The van der Waals surface area contributed by atoms with Crippen LogP contribution in [0.4, 0.5) is 4.79 Å². The van der Waals surface area contributed by atoms with Crippen molar-refractivity contribution in [3.05, 3.63) is 0 Å². The molecular weight excluding hydrogens is 270 g/mol. The monoisotopic (exact) mass is 297 g/mol. The number of hydrogen-bond donors (Lipinski definition) is 2. The lowest BCUT2D eigenvalue weighted by molar-refractivity contribution is -0.139. The van der Waals surface area contributed by atoms with Crippen LogP contribution in [-0.4, -0.2) is 65.2 Å². The SMILES string of the molecule is CC(C)CC(NC(=O)N1CCCN2CCCC2C1)C(=O)O. The van der Waals surface area contributed by atoms with E-state index in [4.69, 9.17) is 0 Å². The fourth-order valence-corrected chi connectivity index (χ4v) is 3.32. The summed E-state index contributed by atoms with van der Waals surface area (Å²) in [5.74, 6) is -0.713. The maximum Gasteiger partial charge on any atom is 0.326 e. The Morgan fingerprint density at radius 3 is 2.62 bits per heavy atom. The molecule has 0 aromatic carbocycles. The smallest absolute Gasteiger partial charge is 0.326 e. The molecule has 2 atom stereocenters. The van der Waals surface area contributed by atoms with Gasteiger partial charge in [-0.15, -0.1) is 0 Å². The van der Waals surface area contributed by atoms with E-state index in [2.05, 4.69) is 10.2 Å². The van der Waals surface area contributed by atoms with Crippen molar-refractivity contribution in [2.45, 2.75) is 51.6 Å². The minimum Gasteiger partial charge on any atom is -0.480 e. The lowest BCUT2D eigenvalue weighted by atomic mass is 10.0. The van der Waals surface area contributed by atoms with Crippen LogP contribution in [0.5, 0.6) is 0 Å². The van der Waals surface area contributed by atoms with E-state index in [9.17, 15) is 14.7 Å². The first-order valence-corrected chi connectivity index (χ1v) is 7.99. The van der Waals surface area contributed by atoms with E-state index in [1.165, 1.54) is 6.42 Å². The average Bonchev–Trinajstić information content (AvgIpc) is 2.74. The van der Waals surface area contributed by atoms with Gasteiger partial charge in [0.25, 0.3) is 0 Å². The lowest BCUT2D eigenvalue weighted by Gasteiger charge is -2.27. The van der Waals surface area contributed by atoms with Crippen molar-refractivity contribution < 1.29 is 14.7 Å². The molecule has 21 heavy (non-hydrogen) atoms. The minimum atomic E-state index is -0.950. The van der Waals surface area contributed by atoms with Crippen LogP contribution in [0.1, 0.15) is 39.5 Å². The average molecular weight is 297 g/mol. The first kappa shape index (κ1) is 16.1. The third kappa shape index (κ3) is 4.33. The van der Waals surface area contributed by atoms with Crippen molar-refractivity contribution in [1.29, 1.82) is 0 Å². The number of urea groups is 1. The Hall–Kier alpha value is -1.30. The summed E-state index contributed by atoms with van der Waals surface area (Å²) in [5.41, 5.74) is 0. The summed E-state index contributed by atoms with van der Waals surface area (Å²) in [6.07, 6.45) is 3.76. The Kier molecular flexibility index (Phi) is 5.45. The summed E-state index contributed by atoms with van der Waals surface area (Å²) in [4.78, 5) is 27.9. The first-order chi connectivity index (χ1) is 9.97. The fourth-order valence-electron chi connectivity index (χ4n) is 3.32. The molecule has 120 valence electrons. The van der Waals surface area contributed by atoms with E-state index in [1.807, 2.05) is 13.8 Å². The molecule has 6 heteroatoms. The third-order valence-electron chi connectivity index (χ3n) is 4.39. The highest BCUT2D eigenvalue weighted by molar-refractivity contribution is 5.82. The number of amides is 2. The molecule has 2 amide bonds. The van der Waals surface area contributed by atoms with Crippen molar-refractivity contribution in [2.75, 3.05) is 26.2 Å². The van der Waals surface area contributed by atoms with E-state index in [0.29, 0.717) is 19.0 Å². The highest BCUT2D eigenvalue weighted by Crippen LogP contribution is 2.21. The summed E-state index contributed by atoms with van der Waals surface area (Å²) in [6, 6.07) is -0.566. The number of nitrogens with zero attached hydrogens (tertiary/aromatic N) is 2. The Labute approximate surface area is 126 Å². The number of nitrogens with one attached hydrogen (secondary N) is 1. The van der Waals surface area contributed by atoms with Crippen LogP contribution in [0.3, 0.4) is 0 Å². The van der Waals surface area contributed by atoms with Crippen LogP contribution in [0.25, 0.3) is 0 Å². The molecule has 0 aromatic rings. The van der Waals surface area contributed by atoms with Crippen molar-refractivity contribution in [3.8, 4) is 0 Å². The van der Waals surface area contributed by atoms with Crippen LogP contribution in [0.2, 0.25) is 0 Å². The highest BCUT2D eigenvalue weighted by atomic mass is 16.4. The molecular formula is C15H27N3O3. The summed E-state index contributed by atoms with van der Waals surface area (Å²) >= 11 is 0. The number of carboxylic acid groups (broad SMARTS) is 1. The number of carbonyl (C=O) groups excluding carboxylic acids is 1. The quantitative estimate of drug-likeness (QED) is 0.822. The molecule has 2 saturated heterocycles. The second kappa shape index (κ2) is 7.11. The predicted octanol–water partition coefficient (Wildman–Crippen LogP) is 1.37. The molecule has 0 aromatic heterocycles. The van der Waals surface area contributed by atoms with Gasteiger partial charge in [-0.05, 0) is 38.1 Å². The molecule has 6 nitrogen and oxygen atoms in total. The second-order valence-corrected chi connectivity index (χ2v) is 6.60. The van der Waals surface area contributed by atoms with Crippen molar-refractivity contribution in [1.82, 2.24) is 15.1 Å². The molecule has 2 aliphatic rings. The summed E-state index contributed by atoms with van der Waals surface area (Å²) in [7, 11) is 0. The van der Waals surface area contributed by atoms with Crippen LogP contribution in [0, 0.1) is 5.92 Å². The normalized spacial score (nSPS) is 24.5. The Morgan fingerprint density at radius 1 is 1.24 bits per heavy atom. The van der Waals surface area contributed by atoms with E-state index < -0.39 is 12.0 Å². The van der Waals surface area contributed by atoms with Crippen molar-refractivity contribution >= 4 is 12.0 Å². The number of aliphatic carboxylic acids is 1. The Bertz CT molecular complexity index is 386. The van der Waals surface area contributed by atoms with Gasteiger partial charge in [-0.25, -0.2) is 9.59 Å². The van der Waals surface area contributed by atoms with Crippen LogP contribution in [-0.2, 0) is 4.79 Å². The molecule has 2 aliphatic heterocycles. The van der Waals surface area contributed by atoms with Gasteiger partial charge in [-0.1, -0.05) is 13.8 Å². The molecule has 2 unspecified atom stereocenters. The Morgan fingerprint density at radius 2 is 1.95 bits per heavy atom. The molecule has 0 saturated carbocycles. The maximum atomic E-state index is 12.4. The lowest BCUT2D eigenvalue weighted by Crippen LogP contribution is -2.50. The molecule has 2 heterocycles. The molecule has 0 radical (unpaired) electrons. The van der Waals surface area contributed by atoms with Crippen LogP contribution < -0.4 is 5.32 Å². The molecule has 2 fully saturated rings. The standard InChI is InChI=1S/C15H27N3O3/c1-11(2)9-13(14(19)20)16-15(21)18-8-4-7-17-6-3-5-12(17)10-18/h11-13H,3-10H2,1-2H3,(H,16,21)(H,19,20). The molecule has 2 N–H and O–H groups in total. The fraction of sp³-hybridized carbons (Fsp3) is 0.867. The largest absolute Gasteiger partial charge is 0.480 e. The number of carbonyl (C=O) groups is 2. The van der Waals surface area contributed by atoms with Crippen LogP contribution in [0.15, 0.2) is 0 Å². The van der Waals surface area contributed by atoms with Gasteiger partial charge < -0.3 is 15.3 Å². The number of hydrogen-bond acceptors (Lipinski definition) is 3. The van der Waals surface area contributed by atoms with Crippen LogP contribution >= 0.6 is 0 Å². The third-order valence-corrected chi connectivity index (χ3v) is 4.39. The number of fused-ring (bicyclic) bond motifs is 1. The van der Waals surface area contributed by atoms with Gasteiger partial charge in [0.2, 0.25) is 0 Å². The zero-order valence-electron chi connectivity index (χ0n) is 13.0. The molecule has 2 rings (SSSR count). The van der Waals surface area contributed by atoms with Gasteiger partial charge in [0.15, 0.2) is 0 Å². The van der Waals surface area contributed by atoms with Crippen molar-refractivity contribution in [2.24, 2.45) is 5.92 Å². The molecule has 0 bridgehead atoms. The zero-order valence-corrected chi connectivity index (χ0v) is 13.0. The van der Waals surface area contributed by atoms with E-state index >= 15 is 0 Å². The summed E-state index contributed by atoms with van der Waals surface area (Å²) < 4.78 is 0. The zero-order chi connectivity index (χ0) is 15.4. The van der Waals surface area contributed by atoms with Gasteiger partial charge in [0.05, 0.1) is 0 Å².